The molecule has 330 valence electrons. The first-order valence-electron chi connectivity index (χ1n) is 24.5. The predicted octanol–water partition coefficient (Wildman–Crippen LogP) is 11.5. The first-order valence-corrected chi connectivity index (χ1v) is 24.5. The lowest BCUT2D eigenvalue weighted by molar-refractivity contribution is -0.221. The molecule has 7 heteroatoms. The van der Waals surface area contributed by atoms with Crippen molar-refractivity contribution in [2.75, 3.05) is 20.2 Å². The smallest absolute Gasteiger partial charge is 0.337 e. The number of hydrogen-bond donors (Lipinski definition) is 2. The molecule has 8 aliphatic rings. The number of carbonyl (C=O) groups excluding carboxylic acids is 3. The summed E-state index contributed by atoms with van der Waals surface area (Å²) in [6.07, 6.45) is 20.2. The van der Waals surface area contributed by atoms with Crippen LogP contribution in [-0.2, 0) is 9.53 Å². The minimum absolute atomic E-state index is 0.0119. The van der Waals surface area contributed by atoms with Gasteiger partial charge in [0.1, 0.15) is 0 Å². The lowest BCUT2D eigenvalue weighted by Gasteiger charge is -2.72. The molecule has 60 heavy (non-hydrogen) atoms. The molecule has 2 unspecified atom stereocenters. The van der Waals surface area contributed by atoms with Gasteiger partial charge in [-0.1, -0.05) is 86.9 Å². The van der Waals surface area contributed by atoms with Gasteiger partial charge in [-0.05, 0) is 181 Å². The van der Waals surface area contributed by atoms with Gasteiger partial charge in [-0.2, -0.15) is 0 Å². The van der Waals surface area contributed by atoms with Crippen LogP contribution in [0.25, 0.3) is 5.57 Å². The highest BCUT2D eigenvalue weighted by atomic mass is 16.5. The fourth-order valence-electron chi connectivity index (χ4n) is 17.0. The van der Waals surface area contributed by atoms with E-state index in [-0.39, 0.29) is 56.6 Å². The molecule has 3 amide bonds. The van der Waals surface area contributed by atoms with E-state index >= 15 is 0 Å². The van der Waals surface area contributed by atoms with Gasteiger partial charge in [0, 0.05) is 30.6 Å². The number of carbonyl (C=O) groups is 3. The van der Waals surface area contributed by atoms with Crippen LogP contribution in [0.4, 0.5) is 4.79 Å². The van der Waals surface area contributed by atoms with E-state index < -0.39 is 0 Å². The van der Waals surface area contributed by atoms with Gasteiger partial charge in [0.25, 0.3) is 0 Å². The topological polar surface area (TPSA) is 87.7 Å². The van der Waals surface area contributed by atoms with Crippen molar-refractivity contribution < 1.29 is 19.1 Å². The number of piperidine rings is 1. The monoisotopic (exact) mass is 822 g/mol. The number of allylic oxidation sites excluding steroid dienone is 2. The zero-order valence-electron chi connectivity index (χ0n) is 39.1. The number of ether oxygens (including phenoxy) is 1. The van der Waals surface area contributed by atoms with E-state index in [4.69, 9.17) is 4.74 Å². The highest BCUT2D eigenvalue weighted by Gasteiger charge is 2.72. The third-order valence-electron chi connectivity index (χ3n) is 21.3. The van der Waals surface area contributed by atoms with Gasteiger partial charge in [0.15, 0.2) is 0 Å². The molecule has 11 atom stereocenters. The average Bonchev–Trinajstić information content (AvgIpc) is 3.85. The molecule has 1 saturated heterocycles. The summed E-state index contributed by atoms with van der Waals surface area (Å²) in [6, 6.07) is 8.14. The Balaban J connectivity index is 0.935. The second kappa shape index (κ2) is 14.3. The Morgan fingerprint density at radius 3 is 2.10 bits per heavy atom. The number of benzene rings is 1. The maximum atomic E-state index is 14.4. The third-order valence-corrected chi connectivity index (χ3v) is 21.3. The van der Waals surface area contributed by atoms with Crippen LogP contribution in [-0.4, -0.2) is 54.6 Å². The van der Waals surface area contributed by atoms with Crippen molar-refractivity contribution >= 4 is 23.5 Å². The molecular formula is C53H79N3O4. The second-order valence-electron chi connectivity index (χ2n) is 24.2. The van der Waals surface area contributed by atoms with Crippen molar-refractivity contribution in [2.24, 2.45) is 73.9 Å². The van der Waals surface area contributed by atoms with Crippen molar-refractivity contribution in [1.29, 1.82) is 0 Å². The Bertz CT molecular complexity index is 1910. The number of hydrogen-bond acceptors (Lipinski definition) is 4. The summed E-state index contributed by atoms with van der Waals surface area (Å²) < 4.78 is 4.99. The summed E-state index contributed by atoms with van der Waals surface area (Å²) in [5, 5.41) is 7.32. The van der Waals surface area contributed by atoms with Crippen molar-refractivity contribution in [1.82, 2.24) is 15.5 Å². The van der Waals surface area contributed by atoms with E-state index in [1.165, 1.54) is 76.0 Å². The summed E-state index contributed by atoms with van der Waals surface area (Å²) in [5.41, 5.74) is 3.95. The van der Waals surface area contributed by atoms with Gasteiger partial charge in [-0.25, -0.2) is 9.59 Å². The number of nitrogens with zero attached hydrogens (tertiary/aromatic N) is 1. The Morgan fingerprint density at radius 2 is 1.47 bits per heavy atom. The van der Waals surface area contributed by atoms with Crippen LogP contribution < -0.4 is 10.6 Å². The van der Waals surface area contributed by atoms with Crippen LogP contribution in [0.5, 0.6) is 0 Å². The molecule has 0 bridgehead atoms. The van der Waals surface area contributed by atoms with Crippen LogP contribution in [0.1, 0.15) is 175 Å². The van der Waals surface area contributed by atoms with Crippen molar-refractivity contribution in [3.63, 3.8) is 0 Å². The Morgan fingerprint density at radius 1 is 0.767 bits per heavy atom. The van der Waals surface area contributed by atoms with Gasteiger partial charge in [0.2, 0.25) is 5.91 Å². The maximum Gasteiger partial charge on any atom is 0.337 e. The average molecular weight is 822 g/mol. The summed E-state index contributed by atoms with van der Waals surface area (Å²) in [7, 11) is 1.45. The molecule has 0 aromatic heterocycles. The molecule has 1 aromatic carbocycles. The van der Waals surface area contributed by atoms with Gasteiger partial charge in [-0.15, -0.1) is 0 Å². The quantitative estimate of drug-likeness (QED) is 0.268. The number of methoxy groups -OCH3 is 1. The molecule has 1 aliphatic heterocycles. The van der Waals surface area contributed by atoms with Crippen molar-refractivity contribution in [3.8, 4) is 0 Å². The molecular weight excluding hydrogens is 743 g/mol. The first kappa shape index (κ1) is 42.5. The molecule has 2 N–H and O–H groups in total. The second-order valence-corrected chi connectivity index (χ2v) is 24.2. The van der Waals surface area contributed by atoms with Gasteiger partial charge < -0.3 is 20.3 Å². The van der Waals surface area contributed by atoms with Crippen molar-refractivity contribution in [2.45, 2.75) is 170 Å². The number of amides is 3. The standard InChI is InChI=1S/C53H79N3O4/c1-11-33-21-30-56(31-22-33)44(57)39-32-42(48(39,4)5)54-46(59)55-53-25-19-37(49(6)26-27-49)43(53)38-16-17-41-50(7)23-18-36(34-12-14-35(15-13-34)45(58)60-10)47(2,3)40(50)20-24-52(41,9)51(38,8)28-29-53/h12-15,18,33,37-43H,11,16-17,19-32H2,1-10H3,(H2,54,55,59)/t37-,38-,39-,40+,41?,42-,43?,50+,51-,52-,53+/m1/s1. The molecule has 1 heterocycles. The number of nitrogens with one attached hydrogen (secondary N) is 2. The molecule has 7 aliphatic carbocycles. The van der Waals surface area contributed by atoms with Crippen LogP contribution >= 0.6 is 0 Å². The molecule has 0 spiro atoms. The maximum absolute atomic E-state index is 14.4. The summed E-state index contributed by atoms with van der Waals surface area (Å²) in [6.45, 7) is 24.1. The van der Waals surface area contributed by atoms with Gasteiger partial charge >= 0.3 is 12.0 Å². The molecule has 0 radical (unpaired) electrons. The number of rotatable bonds is 7. The van der Waals surface area contributed by atoms with E-state index in [1.807, 2.05) is 12.1 Å². The van der Waals surface area contributed by atoms with Crippen molar-refractivity contribution in [3.05, 3.63) is 41.5 Å². The Hall–Kier alpha value is -2.83. The minimum Gasteiger partial charge on any atom is -0.465 e. The SMILES string of the molecule is CCC1CCN(C(=O)[C@H]2C[C@@H](NC(=O)N[C@]34CC[C@@H](C5(C)CC5)C3[C@H]3CCC5[C@@]6(C)CC=C(c7ccc(C(=O)OC)cc7)C(C)(C)[C@@H]6CC[C@@]5(C)[C@]3(C)CC4)C2(C)C)CC1. The van der Waals surface area contributed by atoms with Crippen LogP contribution in [0, 0.1) is 73.9 Å². The van der Waals surface area contributed by atoms with E-state index in [2.05, 4.69) is 96.1 Å². The molecule has 1 aromatic rings. The van der Waals surface area contributed by atoms with E-state index in [9.17, 15) is 14.4 Å². The lowest BCUT2D eigenvalue weighted by Crippen LogP contribution is -2.70. The number of fused-ring (bicyclic) bond motifs is 7. The summed E-state index contributed by atoms with van der Waals surface area (Å²) >= 11 is 0. The predicted molar refractivity (Wildman–Crippen MR) is 240 cm³/mol. The minimum atomic E-state index is -0.283. The summed E-state index contributed by atoms with van der Waals surface area (Å²) in [5.74, 6) is 3.77. The molecule has 9 rings (SSSR count). The van der Waals surface area contributed by atoms with E-state index in [0.29, 0.717) is 46.5 Å². The normalized spacial score (nSPS) is 42.2. The number of likely N-dealkylation sites (tertiary alicyclic amines) is 1. The van der Waals surface area contributed by atoms with Crippen LogP contribution in [0.2, 0.25) is 0 Å². The zero-order valence-corrected chi connectivity index (χ0v) is 39.1. The first-order chi connectivity index (χ1) is 28.3. The van der Waals surface area contributed by atoms with Gasteiger partial charge in [-0.3, -0.25) is 4.79 Å². The molecule has 6 saturated carbocycles. The number of esters is 1. The molecule has 7 fully saturated rings. The van der Waals surface area contributed by atoms with E-state index in [1.54, 1.807) is 0 Å². The fraction of sp³-hybridized carbons (Fsp3) is 0.792. The number of urea groups is 1. The highest BCUT2D eigenvalue weighted by molar-refractivity contribution is 5.90. The highest BCUT2D eigenvalue weighted by Crippen LogP contribution is 2.78. The fourth-order valence-corrected chi connectivity index (χ4v) is 17.0. The lowest BCUT2D eigenvalue weighted by atomic mass is 9.32. The molecule has 7 nitrogen and oxygen atoms in total. The van der Waals surface area contributed by atoms with Gasteiger partial charge in [0.05, 0.1) is 12.7 Å². The van der Waals surface area contributed by atoms with E-state index in [0.717, 1.165) is 57.5 Å². The third kappa shape index (κ3) is 6.16. The Kier molecular flexibility index (Phi) is 10.2. The largest absolute Gasteiger partial charge is 0.465 e. The summed E-state index contributed by atoms with van der Waals surface area (Å²) in [4.78, 5) is 42.5. The zero-order chi connectivity index (χ0) is 42.8. The van der Waals surface area contributed by atoms with Crippen LogP contribution in [0.15, 0.2) is 30.3 Å². The van der Waals surface area contributed by atoms with Crippen LogP contribution in [0.3, 0.4) is 0 Å². The Labute approximate surface area is 362 Å².